The van der Waals surface area contributed by atoms with E-state index in [9.17, 15) is 9.59 Å². The Balaban J connectivity index is 1.50. The molecule has 144 valence electrons. The van der Waals surface area contributed by atoms with Crippen LogP contribution in [-0.4, -0.2) is 27.4 Å². The Labute approximate surface area is 171 Å². The van der Waals surface area contributed by atoms with Gasteiger partial charge in [0.1, 0.15) is 5.01 Å². The summed E-state index contributed by atoms with van der Waals surface area (Å²) < 4.78 is 0. The minimum absolute atomic E-state index is 0.134. The molecular formula is C19H19N5O2S2. The van der Waals surface area contributed by atoms with Gasteiger partial charge in [-0.15, -0.1) is 22.0 Å². The van der Waals surface area contributed by atoms with Crippen molar-refractivity contribution in [2.45, 2.75) is 24.0 Å². The summed E-state index contributed by atoms with van der Waals surface area (Å²) in [6.07, 6.45) is 0. The topological polar surface area (TPSA) is 96.0 Å². The van der Waals surface area contributed by atoms with Crippen LogP contribution >= 0.6 is 23.1 Å². The molecule has 1 unspecified atom stereocenters. The Kier molecular flexibility index (Phi) is 6.62. The number of carbonyl (C=O) groups is 2. The minimum atomic E-state index is -0.313. The number of carbonyl (C=O) groups excluding carboxylic acids is 2. The van der Waals surface area contributed by atoms with E-state index in [1.54, 1.807) is 12.1 Å². The molecule has 1 heterocycles. The first-order chi connectivity index (χ1) is 13.5. The fourth-order valence-corrected chi connectivity index (χ4v) is 3.71. The number of anilines is 3. The molecule has 0 spiro atoms. The van der Waals surface area contributed by atoms with Crippen LogP contribution in [0, 0.1) is 6.92 Å². The number of hydrogen-bond donors (Lipinski definition) is 3. The van der Waals surface area contributed by atoms with E-state index in [0.717, 1.165) is 15.6 Å². The monoisotopic (exact) mass is 413 g/mol. The molecule has 0 aliphatic rings. The summed E-state index contributed by atoms with van der Waals surface area (Å²) >= 11 is 2.76. The first-order valence-corrected chi connectivity index (χ1v) is 10.2. The molecule has 3 amide bonds. The molecule has 7 nitrogen and oxygen atoms in total. The number of aryl methyl sites for hydroxylation is 1. The van der Waals surface area contributed by atoms with E-state index in [-0.39, 0.29) is 17.2 Å². The van der Waals surface area contributed by atoms with E-state index < -0.39 is 0 Å². The SMILES string of the molecule is Cc1nnc(NC(=O)C(C)Sc2ccc(NC(=O)Nc3ccccc3)cc2)s1. The van der Waals surface area contributed by atoms with E-state index in [0.29, 0.717) is 10.8 Å². The number of nitrogens with one attached hydrogen (secondary N) is 3. The molecule has 0 fully saturated rings. The van der Waals surface area contributed by atoms with Crippen LogP contribution in [0.4, 0.5) is 21.3 Å². The normalized spacial score (nSPS) is 11.5. The predicted molar refractivity (Wildman–Crippen MR) is 114 cm³/mol. The quantitative estimate of drug-likeness (QED) is 0.513. The summed E-state index contributed by atoms with van der Waals surface area (Å²) in [6.45, 7) is 3.66. The van der Waals surface area contributed by atoms with Gasteiger partial charge in [0.15, 0.2) is 0 Å². The summed E-state index contributed by atoms with van der Waals surface area (Å²) in [5.74, 6) is -0.134. The van der Waals surface area contributed by atoms with Crippen LogP contribution in [-0.2, 0) is 4.79 Å². The molecule has 3 N–H and O–H groups in total. The number of rotatable bonds is 6. The summed E-state index contributed by atoms with van der Waals surface area (Å²) in [7, 11) is 0. The number of amides is 3. The number of aromatic nitrogens is 2. The Morgan fingerprint density at radius 1 is 0.929 bits per heavy atom. The average molecular weight is 414 g/mol. The van der Waals surface area contributed by atoms with Crippen LogP contribution < -0.4 is 16.0 Å². The third-order valence-corrected chi connectivity index (χ3v) is 5.45. The molecular weight excluding hydrogens is 394 g/mol. The van der Waals surface area contributed by atoms with Crippen molar-refractivity contribution in [3.63, 3.8) is 0 Å². The van der Waals surface area contributed by atoms with Crippen LogP contribution in [0.1, 0.15) is 11.9 Å². The van der Waals surface area contributed by atoms with Crippen molar-refractivity contribution in [2.75, 3.05) is 16.0 Å². The van der Waals surface area contributed by atoms with Gasteiger partial charge >= 0.3 is 6.03 Å². The van der Waals surface area contributed by atoms with E-state index in [1.165, 1.54) is 23.1 Å². The summed E-state index contributed by atoms with van der Waals surface area (Å²) in [5.41, 5.74) is 1.39. The number of thioether (sulfide) groups is 1. The Morgan fingerprint density at radius 2 is 1.57 bits per heavy atom. The molecule has 9 heteroatoms. The maximum Gasteiger partial charge on any atom is 0.323 e. The summed E-state index contributed by atoms with van der Waals surface area (Å²) in [4.78, 5) is 25.2. The lowest BCUT2D eigenvalue weighted by Crippen LogP contribution is -2.22. The molecule has 1 aromatic heterocycles. The molecule has 28 heavy (non-hydrogen) atoms. The molecule has 0 aliphatic carbocycles. The summed E-state index contributed by atoms with van der Waals surface area (Å²) in [5, 5.41) is 17.1. The highest BCUT2D eigenvalue weighted by Crippen LogP contribution is 2.26. The van der Waals surface area contributed by atoms with Gasteiger partial charge in [-0.1, -0.05) is 29.5 Å². The lowest BCUT2D eigenvalue weighted by Gasteiger charge is -2.11. The summed E-state index contributed by atoms with van der Waals surface area (Å²) in [6, 6.07) is 16.2. The van der Waals surface area contributed by atoms with Crippen LogP contribution in [0.3, 0.4) is 0 Å². The first kappa shape index (κ1) is 19.8. The second kappa shape index (κ2) is 9.34. The highest BCUT2D eigenvalue weighted by Gasteiger charge is 2.16. The number of urea groups is 1. The van der Waals surface area contributed by atoms with Crippen molar-refractivity contribution < 1.29 is 9.59 Å². The number of para-hydroxylation sites is 1. The van der Waals surface area contributed by atoms with Crippen LogP contribution in [0.5, 0.6) is 0 Å². The third-order valence-electron chi connectivity index (χ3n) is 3.58. The lowest BCUT2D eigenvalue weighted by molar-refractivity contribution is -0.115. The zero-order valence-corrected chi connectivity index (χ0v) is 16.9. The van der Waals surface area contributed by atoms with E-state index >= 15 is 0 Å². The van der Waals surface area contributed by atoms with Gasteiger partial charge in [-0.05, 0) is 50.2 Å². The van der Waals surface area contributed by atoms with Crippen LogP contribution in [0.15, 0.2) is 59.5 Å². The third kappa shape index (κ3) is 5.80. The van der Waals surface area contributed by atoms with Gasteiger partial charge in [0.25, 0.3) is 0 Å². The molecule has 0 bridgehead atoms. The van der Waals surface area contributed by atoms with Gasteiger partial charge in [-0.2, -0.15) is 0 Å². The van der Waals surface area contributed by atoms with Gasteiger partial charge in [-0.3, -0.25) is 10.1 Å². The Bertz CT molecular complexity index is 944. The van der Waals surface area contributed by atoms with Gasteiger partial charge in [0.2, 0.25) is 11.0 Å². The van der Waals surface area contributed by atoms with Crippen molar-refractivity contribution in [3.05, 3.63) is 59.6 Å². The molecule has 2 aromatic carbocycles. The van der Waals surface area contributed by atoms with Crippen molar-refractivity contribution >= 4 is 51.5 Å². The maximum absolute atomic E-state index is 12.3. The minimum Gasteiger partial charge on any atom is -0.308 e. The zero-order valence-electron chi connectivity index (χ0n) is 15.3. The lowest BCUT2D eigenvalue weighted by atomic mass is 10.3. The number of hydrogen-bond acceptors (Lipinski definition) is 6. The van der Waals surface area contributed by atoms with Crippen molar-refractivity contribution in [3.8, 4) is 0 Å². The van der Waals surface area contributed by atoms with Crippen molar-refractivity contribution in [1.29, 1.82) is 0 Å². The van der Waals surface area contributed by atoms with E-state index in [4.69, 9.17) is 0 Å². The number of nitrogens with zero attached hydrogens (tertiary/aromatic N) is 2. The molecule has 0 radical (unpaired) electrons. The maximum atomic E-state index is 12.3. The smallest absolute Gasteiger partial charge is 0.308 e. The van der Waals surface area contributed by atoms with Gasteiger partial charge < -0.3 is 10.6 Å². The van der Waals surface area contributed by atoms with E-state index in [2.05, 4.69) is 26.1 Å². The highest BCUT2D eigenvalue weighted by molar-refractivity contribution is 8.00. The molecule has 3 rings (SSSR count). The van der Waals surface area contributed by atoms with Crippen molar-refractivity contribution in [1.82, 2.24) is 10.2 Å². The second-order valence-corrected chi connectivity index (χ2v) is 8.44. The molecule has 0 saturated carbocycles. The van der Waals surface area contributed by atoms with E-state index in [1.807, 2.05) is 56.3 Å². The fourth-order valence-electron chi connectivity index (χ4n) is 2.24. The van der Waals surface area contributed by atoms with Gasteiger partial charge in [0, 0.05) is 16.3 Å². The van der Waals surface area contributed by atoms with Gasteiger partial charge in [-0.25, -0.2) is 4.79 Å². The highest BCUT2D eigenvalue weighted by atomic mass is 32.2. The van der Waals surface area contributed by atoms with Gasteiger partial charge in [0.05, 0.1) is 5.25 Å². The first-order valence-electron chi connectivity index (χ1n) is 8.50. The Hall–Kier alpha value is -2.91. The molecule has 1 atom stereocenters. The number of benzene rings is 2. The Morgan fingerprint density at radius 3 is 2.18 bits per heavy atom. The second-order valence-electron chi connectivity index (χ2n) is 5.85. The zero-order chi connectivity index (χ0) is 19.9. The molecule has 3 aromatic rings. The predicted octanol–water partition coefficient (Wildman–Crippen LogP) is 4.61. The van der Waals surface area contributed by atoms with Crippen LogP contribution in [0.2, 0.25) is 0 Å². The van der Waals surface area contributed by atoms with Crippen LogP contribution in [0.25, 0.3) is 0 Å². The largest absolute Gasteiger partial charge is 0.323 e. The molecule has 0 saturated heterocycles. The molecule has 0 aliphatic heterocycles. The fraction of sp³-hybridized carbons (Fsp3) is 0.158. The average Bonchev–Trinajstić information content (AvgIpc) is 3.08. The standard InChI is InChI=1S/C19H19N5O2S2/c1-12(17(25)22-19-24-23-13(2)28-19)27-16-10-8-15(9-11-16)21-18(26)20-14-6-4-3-5-7-14/h3-12H,1-2H3,(H2,20,21,26)(H,22,24,25). The van der Waals surface area contributed by atoms with Crippen molar-refractivity contribution in [2.24, 2.45) is 0 Å².